The van der Waals surface area contributed by atoms with Crippen molar-refractivity contribution in [2.24, 2.45) is 0 Å². The summed E-state index contributed by atoms with van der Waals surface area (Å²) in [6, 6.07) is 7.13. The first-order valence-electron chi connectivity index (χ1n) is 5.86. The number of thiophene rings is 1. The molecule has 0 saturated heterocycles. The molecule has 1 amide bonds. The summed E-state index contributed by atoms with van der Waals surface area (Å²) in [6.07, 6.45) is 5.09. The van der Waals surface area contributed by atoms with Gasteiger partial charge in [-0.3, -0.25) is 4.79 Å². The number of pyridine rings is 1. The van der Waals surface area contributed by atoms with Crippen LogP contribution in [-0.4, -0.2) is 20.7 Å². The third-order valence-corrected chi connectivity index (χ3v) is 5.88. The largest absolute Gasteiger partial charge is 0.318 e. The molecule has 0 atom stereocenters. The van der Waals surface area contributed by atoms with Gasteiger partial charge in [0, 0.05) is 23.1 Å². The molecule has 0 unspecified atom stereocenters. The van der Waals surface area contributed by atoms with Gasteiger partial charge in [0.25, 0.3) is 5.91 Å². The van der Waals surface area contributed by atoms with Gasteiger partial charge in [-0.25, -0.2) is 9.67 Å². The Bertz CT molecular complexity index is 766. The average Bonchev–Trinajstić information content (AvgIpc) is 3.10. The quantitative estimate of drug-likeness (QED) is 0.684. The summed E-state index contributed by atoms with van der Waals surface area (Å²) in [5.74, 6) is 0.387. The monoisotopic (exact) mass is 426 g/mol. The van der Waals surface area contributed by atoms with Crippen molar-refractivity contribution < 1.29 is 4.79 Å². The molecule has 21 heavy (non-hydrogen) atoms. The summed E-state index contributed by atoms with van der Waals surface area (Å²) in [5.41, 5.74) is 0.604. The van der Waals surface area contributed by atoms with Gasteiger partial charge in [-0.1, -0.05) is 0 Å². The molecule has 1 N–H and O–H groups in total. The smallest absolute Gasteiger partial charge is 0.265 e. The zero-order valence-electron chi connectivity index (χ0n) is 10.5. The van der Waals surface area contributed by atoms with E-state index in [0.717, 1.165) is 8.26 Å². The van der Waals surface area contributed by atoms with E-state index in [-0.39, 0.29) is 5.91 Å². The second kappa shape index (κ2) is 6.08. The molecule has 0 saturated carbocycles. The fourth-order valence-electron chi connectivity index (χ4n) is 1.71. The van der Waals surface area contributed by atoms with Gasteiger partial charge in [0.2, 0.25) is 0 Å². The maximum Gasteiger partial charge on any atom is 0.265 e. The summed E-state index contributed by atoms with van der Waals surface area (Å²) < 4.78 is 3.35. The van der Waals surface area contributed by atoms with Crippen molar-refractivity contribution in [1.82, 2.24) is 14.8 Å². The van der Waals surface area contributed by atoms with Gasteiger partial charge in [-0.2, -0.15) is 5.10 Å². The number of anilines is 1. The minimum Gasteiger partial charge on any atom is -0.318 e. The number of aromatic nitrogens is 3. The molecule has 0 bridgehead atoms. The topological polar surface area (TPSA) is 59.8 Å². The highest BCUT2D eigenvalue weighted by atomic mass is 79.9. The van der Waals surface area contributed by atoms with Crippen LogP contribution < -0.4 is 5.32 Å². The van der Waals surface area contributed by atoms with Gasteiger partial charge in [-0.15, -0.1) is 11.3 Å². The molecule has 3 aromatic heterocycles. The van der Waals surface area contributed by atoms with Gasteiger partial charge >= 0.3 is 0 Å². The van der Waals surface area contributed by atoms with Crippen LogP contribution in [0.15, 0.2) is 51.1 Å². The Morgan fingerprint density at radius 2 is 2.14 bits per heavy atom. The van der Waals surface area contributed by atoms with Crippen molar-refractivity contribution in [3.8, 4) is 5.82 Å². The standard InChI is InChI=1S/C13H8Br2N4OS/c14-8-7-10(21-11(8)15)13(20)18-9-3-1-4-16-12(9)19-6-2-5-17-19/h1-7H,(H,18,20). The maximum atomic E-state index is 12.3. The molecule has 106 valence electrons. The number of hydrogen-bond donors (Lipinski definition) is 1. The van der Waals surface area contributed by atoms with E-state index in [9.17, 15) is 4.79 Å². The molecule has 0 spiro atoms. The van der Waals surface area contributed by atoms with E-state index in [1.54, 1.807) is 47.5 Å². The van der Waals surface area contributed by atoms with Crippen LogP contribution in [0.4, 0.5) is 5.69 Å². The minimum atomic E-state index is -0.187. The summed E-state index contributed by atoms with van der Waals surface area (Å²) in [6.45, 7) is 0. The lowest BCUT2D eigenvalue weighted by Crippen LogP contribution is -2.13. The van der Waals surface area contributed by atoms with Crippen molar-refractivity contribution >= 4 is 54.8 Å². The average molecular weight is 428 g/mol. The lowest BCUT2D eigenvalue weighted by molar-refractivity contribution is 0.103. The van der Waals surface area contributed by atoms with Gasteiger partial charge in [0.1, 0.15) is 0 Å². The first-order valence-corrected chi connectivity index (χ1v) is 8.26. The highest BCUT2D eigenvalue weighted by Crippen LogP contribution is 2.32. The van der Waals surface area contributed by atoms with Crippen molar-refractivity contribution in [3.05, 3.63) is 56.0 Å². The molecule has 0 aliphatic heterocycles. The molecule has 3 aromatic rings. The van der Waals surface area contributed by atoms with Gasteiger partial charge in [0.15, 0.2) is 5.82 Å². The number of carbonyl (C=O) groups excluding carboxylic acids is 1. The molecular weight excluding hydrogens is 420 g/mol. The summed E-state index contributed by atoms with van der Waals surface area (Å²) in [5, 5.41) is 7.00. The van der Waals surface area contributed by atoms with Gasteiger partial charge in [0.05, 0.1) is 14.4 Å². The minimum absolute atomic E-state index is 0.187. The van der Waals surface area contributed by atoms with Crippen LogP contribution in [0.2, 0.25) is 0 Å². The third kappa shape index (κ3) is 3.07. The SMILES string of the molecule is O=C(Nc1cccnc1-n1cccn1)c1cc(Br)c(Br)s1. The van der Waals surface area contributed by atoms with E-state index < -0.39 is 0 Å². The van der Waals surface area contributed by atoms with E-state index in [1.807, 2.05) is 0 Å². The van der Waals surface area contributed by atoms with E-state index >= 15 is 0 Å². The van der Waals surface area contributed by atoms with Crippen molar-refractivity contribution in [2.75, 3.05) is 5.32 Å². The zero-order chi connectivity index (χ0) is 14.8. The molecule has 0 aliphatic carbocycles. The van der Waals surface area contributed by atoms with E-state index in [2.05, 4.69) is 47.3 Å². The van der Waals surface area contributed by atoms with E-state index in [1.165, 1.54) is 11.3 Å². The Morgan fingerprint density at radius 1 is 1.29 bits per heavy atom. The Kier molecular flexibility index (Phi) is 4.18. The number of hydrogen-bond acceptors (Lipinski definition) is 4. The predicted molar refractivity (Wildman–Crippen MR) is 89.0 cm³/mol. The van der Waals surface area contributed by atoms with Crippen molar-refractivity contribution in [3.63, 3.8) is 0 Å². The third-order valence-electron chi connectivity index (χ3n) is 2.63. The molecule has 0 radical (unpaired) electrons. The second-order valence-corrected chi connectivity index (χ2v) is 7.24. The first kappa shape index (κ1) is 14.4. The Hall–Kier alpha value is -1.51. The summed E-state index contributed by atoms with van der Waals surface area (Å²) in [7, 11) is 0. The number of nitrogens with one attached hydrogen (secondary N) is 1. The Balaban J connectivity index is 1.90. The van der Waals surface area contributed by atoms with E-state index in [0.29, 0.717) is 16.4 Å². The molecule has 3 rings (SSSR count). The van der Waals surface area contributed by atoms with Crippen LogP contribution in [-0.2, 0) is 0 Å². The van der Waals surface area contributed by atoms with Crippen LogP contribution in [0.25, 0.3) is 5.82 Å². The lowest BCUT2D eigenvalue weighted by Gasteiger charge is -2.08. The molecule has 3 heterocycles. The van der Waals surface area contributed by atoms with Crippen LogP contribution >= 0.6 is 43.2 Å². The Morgan fingerprint density at radius 3 is 2.81 bits per heavy atom. The number of rotatable bonds is 3. The fraction of sp³-hybridized carbons (Fsp3) is 0. The van der Waals surface area contributed by atoms with Crippen molar-refractivity contribution in [1.29, 1.82) is 0 Å². The zero-order valence-corrected chi connectivity index (χ0v) is 14.4. The molecule has 5 nitrogen and oxygen atoms in total. The fourth-order valence-corrected chi connectivity index (χ4v) is 3.64. The highest BCUT2D eigenvalue weighted by molar-refractivity contribution is 9.13. The summed E-state index contributed by atoms with van der Waals surface area (Å²) >= 11 is 8.11. The molecule has 0 aliphatic rings. The molecule has 8 heteroatoms. The number of halogens is 2. The number of nitrogens with zero attached hydrogens (tertiary/aromatic N) is 3. The number of amides is 1. The van der Waals surface area contributed by atoms with Crippen LogP contribution in [0.1, 0.15) is 9.67 Å². The normalized spacial score (nSPS) is 10.6. The van der Waals surface area contributed by atoms with Crippen molar-refractivity contribution in [2.45, 2.75) is 0 Å². The molecule has 0 fully saturated rings. The maximum absolute atomic E-state index is 12.3. The molecule has 0 aromatic carbocycles. The van der Waals surface area contributed by atoms with Crippen LogP contribution in [0, 0.1) is 0 Å². The predicted octanol–water partition coefficient (Wildman–Crippen LogP) is 4.11. The van der Waals surface area contributed by atoms with E-state index in [4.69, 9.17) is 0 Å². The highest BCUT2D eigenvalue weighted by Gasteiger charge is 2.14. The van der Waals surface area contributed by atoms with Crippen LogP contribution in [0.5, 0.6) is 0 Å². The first-order chi connectivity index (χ1) is 10.1. The Labute approximate surface area is 141 Å². The van der Waals surface area contributed by atoms with Crippen LogP contribution in [0.3, 0.4) is 0 Å². The lowest BCUT2D eigenvalue weighted by atomic mass is 10.3. The second-order valence-electron chi connectivity index (χ2n) is 4.01. The van der Waals surface area contributed by atoms with Gasteiger partial charge < -0.3 is 5.32 Å². The van der Waals surface area contributed by atoms with Gasteiger partial charge in [-0.05, 0) is 56.1 Å². The molecular formula is C13H8Br2N4OS. The number of carbonyl (C=O) groups is 1. The summed E-state index contributed by atoms with van der Waals surface area (Å²) in [4.78, 5) is 17.2.